The second kappa shape index (κ2) is 10.5. The van der Waals surface area contributed by atoms with Crippen LogP contribution >= 0.6 is 11.3 Å². The van der Waals surface area contributed by atoms with Crippen LogP contribution in [0, 0.1) is 13.8 Å². The minimum absolute atomic E-state index is 0.0463. The van der Waals surface area contributed by atoms with Crippen molar-refractivity contribution in [3.05, 3.63) is 46.6 Å². The van der Waals surface area contributed by atoms with Crippen molar-refractivity contribution in [3.8, 4) is 5.75 Å². The number of piperidine rings is 1. The van der Waals surface area contributed by atoms with Gasteiger partial charge in [-0.1, -0.05) is 17.7 Å². The van der Waals surface area contributed by atoms with Gasteiger partial charge in [-0.2, -0.15) is 0 Å². The number of likely N-dealkylation sites (N-methyl/N-ethyl adjacent to an activating group) is 1. The monoisotopic (exact) mass is 468 g/mol. The van der Waals surface area contributed by atoms with Crippen molar-refractivity contribution >= 4 is 33.3 Å². The average molecular weight is 469 g/mol. The van der Waals surface area contributed by atoms with Gasteiger partial charge in [-0.05, 0) is 57.2 Å². The summed E-state index contributed by atoms with van der Waals surface area (Å²) in [7, 11) is 1.99. The van der Waals surface area contributed by atoms with Crippen molar-refractivity contribution in [2.24, 2.45) is 0 Å². The molecule has 1 fully saturated rings. The van der Waals surface area contributed by atoms with Crippen molar-refractivity contribution in [2.45, 2.75) is 45.6 Å². The Morgan fingerprint density at radius 1 is 1.24 bits per heavy atom. The van der Waals surface area contributed by atoms with Crippen LogP contribution in [0.15, 0.2) is 30.6 Å². The third-order valence-corrected chi connectivity index (χ3v) is 7.52. The number of likely N-dealkylation sites (tertiary alicyclic amines) is 1. The Morgan fingerprint density at radius 2 is 2.03 bits per heavy atom. The molecule has 8 heteroatoms. The lowest BCUT2D eigenvalue weighted by Crippen LogP contribution is -2.44. The summed E-state index contributed by atoms with van der Waals surface area (Å²) in [6.07, 6.45) is 5.25. The molecule has 7 nitrogen and oxygen atoms in total. The van der Waals surface area contributed by atoms with E-state index in [4.69, 9.17) is 4.74 Å². The van der Waals surface area contributed by atoms with Crippen molar-refractivity contribution in [3.63, 3.8) is 0 Å². The van der Waals surface area contributed by atoms with Crippen molar-refractivity contribution in [1.29, 1.82) is 0 Å². The Bertz CT molecular complexity index is 1100. The number of nitrogens with zero attached hydrogens (tertiary/aromatic N) is 4. The highest BCUT2D eigenvalue weighted by molar-refractivity contribution is 7.20. The molecule has 3 heterocycles. The maximum absolute atomic E-state index is 13.5. The molecule has 1 N–H and O–H groups in total. The molecule has 2 aromatic heterocycles. The standard InChI is InChI=1S/C25H32N4O3S/c1-17-7-9-20(10-8-17)32-15-13-28(3)23-21-18(2)22(33-24(21)27-16-26-23)25(31)29-12-5-4-6-19(29)11-14-30/h7-10,16,19,30H,4-6,11-15H2,1-3H3/t19-/m1/s1. The summed E-state index contributed by atoms with van der Waals surface area (Å²) in [5, 5.41) is 10.4. The van der Waals surface area contributed by atoms with Crippen LogP contribution in [0.5, 0.6) is 5.75 Å². The van der Waals surface area contributed by atoms with Crippen molar-refractivity contribution in [2.75, 3.05) is 38.3 Å². The minimum Gasteiger partial charge on any atom is -0.492 e. The van der Waals surface area contributed by atoms with Crippen LogP contribution in [0.4, 0.5) is 5.82 Å². The molecule has 176 valence electrons. The van der Waals surface area contributed by atoms with Gasteiger partial charge in [0.05, 0.1) is 16.8 Å². The number of hydrogen-bond acceptors (Lipinski definition) is 7. The number of rotatable bonds is 8. The first-order chi connectivity index (χ1) is 16.0. The summed E-state index contributed by atoms with van der Waals surface area (Å²) in [5.41, 5.74) is 2.13. The van der Waals surface area contributed by atoms with Gasteiger partial charge in [0.25, 0.3) is 5.91 Å². The Morgan fingerprint density at radius 3 is 2.79 bits per heavy atom. The van der Waals surface area contributed by atoms with E-state index in [0.717, 1.165) is 58.0 Å². The number of aromatic nitrogens is 2. The van der Waals surface area contributed by atoms with Gasteiger partial charge in [0.2, 0.25) is 0 Å². The van der Waals surface area contributed by atoms with E-state index in [9.17, 15) is 9.90 Å². The number of thiophene rings is 1. The molecule has 1 aromatic carbocycles. The van der Waals surface area contributed by atoms with Crippen LogP contribution in [0.3, 0.4) is 0 Å². The van der Waals surface area contributed by atoms with Crippen LogP contribution in [0.25, 0.3) is 10.2 Å². The Hall–Kier alpha value is -2.71. The van der Waals surface area contributed by atoms with E-state index in [1.54, 1.807) is 6.33 Å². The van der Waals surface area contributed by atoms with E-state index >= 15 is 0 Å². The summed E-state index contributed by atoms with van der Waals surface area (Å²) in [4.78, 5) is 28.0. The van der Waals surface area contributed by atoms with E-state index in [-0.39, 0.29) is 18.6 Å². The van der Waals surface area contributed by atoms with Crippen molar-refractivity contribution < 1.29 is 14.6 Å². The molecule has 4 rings (SSSR count). The first kappa shape index (κ1) is 23.4. The van der Waals surface area contributed by atoms with Gasteiger partial charge in [-0.15, -0.1) is 11.3 Å². The lowest BCUT2D eigenvalue weighted by Gasteiger charge is -2.35. The fourth-order valence-corrected chi connectivity index (χ4v) is 5.53. The molecule has 1 saturated heterocycles. The molecular weight excluding hydrogens is 436 g/mol. The zero-order valence-electron chi connectivity index (χ0n) is 19.6. The lowest BCUT2D eigenvalue weighted by molar-refractivity contribution is 0.0579. The zero-order valence-corrected chi connectivity index (χ0v) is 20.4. The Kier molecular flexibility index (Phi) is 7.45. The fourth-order valence-electron chi connectivity index (χ4n) is 4.43. The van der Waals surface area contributed by atoms with Gasteiger partial charge < -0.3 is 19.6 Å². The number of aryl methyl sites for hydroxylation is 2. The molecule has 0 spiro atoms. The molecule has 33 heavy (non-hydrogen) atoms. The third-order valence-electron chi connectivity index (χ3n) is 6.33. The predicted molar refractivity (Wildman–Crippen MR) is 132 cm³/mol. The molecule has 1 aliphatic rings. The average Bonchev–Trinajstić information content (AvgIpc) is 3.17. The largest absolute Gasteiger partial charge is 0.492 e. The second-order valence-corrected chi connectivity index (χ2v) is 9.68. The molecule has 3 aromatic rings. The Labute approximate surface area is 199 Å². The van der Waals surface area contributed by atoms with Crippen LogP contribution in [0.2, 0.25) is 0 Å². The normalized spacial score (nSPS) is 16.2. The van der Waals surface area contributed by atoms with Gasteiger partial charge in [-0.25, -0.2) is 9.97 Å². The molecule has 1 amide bonds. The number of ether oxygens (including phenoxy) is 1. The predicted octanol–water partition coefficient (Wildman–Crippen LogP) is 4.20. The van der Waals surface area contributed by atoms with Gasteiger partial charge in [0.15, 0.2) is 0 Å². The number of carbonyl (C=O) groups excluding carboxylic acids is 1. The molecule has 0 radical (unpaired) electrons. The van der Waals surface area contributed by atoms with Crippen LogP contribution in [0.1, 0.15) is 46.5 Å². The lowest BCUT2D eigenvalue weighted by atomic mass is 9.99. The third kappa shape index (κ3) is 5.12. The van der Waals surface area contributed by atoms with Crippen molar-refractivity contribution in [1.82, 2.24) is 14.9 Å². The highest BCUT2D eigenvalue weighted by Crippen LogP contribution is 2.36. The molecule has 0 unspecified atom stereocenters. The van der Waals surface area contributed by atoms with Crippen LogP contribution < -0.4 is 9.64 Å². The zero-order chi connectivity index (χ0) is 23.4. The van der Waals surface area contributed by atoms with Gasteiger partial charge in [0, 0.05) is 26.2 Å². The summed E-state index contributed by atoms with van der Waals surface area (Å²) >= 11 is 1.44. The summed E-state index contributed by atoms with van der Waals surface area (Å²) in [6.45, 7) is 6.07. The Balaban J connectivity index is 1.53. The van der Waals surface area contributed by atoms with E-state index in [0.29, 0.717) is 19.6 Å². The molecule has 0 saturated carbocycles. The number of anilines is 1. The minimum atomic E-state index is 0.0463. The number of benzene rings is 1. The number of hydrogen-bond donors (Lipinski definition) is 1. The SMILES string of the molecule is Cc1ccc(OCCN(C)c2ncnc3sc(C(=O)N4CCCC[C@@H]4CCO)c(C)c23)cc1. The smallest absolute Gasteiger partial charge is 0.264 e. The number of fused-ring (bicyclic) bond motifs is 1. The molecule has 0 aliphatic carbocycles. The van der Waals surface area contributed by atoms with E-state index in [1.165, 1.54) is 16.9 Å². The van der Waals surface area contributed by atoms with Gasteiger partial charge >= 0.3 is 0 Å². The van der Waals surface area contributed by atoms with E-state index in [1.807, 2.05) is 43.1 Å². The number of carbonyl (C=O) groups is 1. The highest BCUT2D eigenvalue weighted by Gasteiger charge is 2.30. The number of aliphatic hydroxyl groups excluding tert-OH is 1. The maximum atomic E-state index is 13.5. The highest BCUT2D eigenvalue weighted by atomic mass is 32.1. The molecule has 0 bridgehead atoms. The topological polar surface area (TPSA) is 78.8 Å². The second-order valence-electron chi connectivity index (χ2n) is 8.68. The van der Waals surface area contributed by atoms with Crippen LogP contribution in [-0.2, 0) is 0 Å². The number of aliphatic hydroxyl groups is 1. The maximum Gasteiger partial charge on any atom is 0.264 e. The number of amides is 1. The summed E-state index contributed by atoms with van der Waals surface area (Å²) < 4.78 is 5.89. The molecule has 1 aliphatic heterocycles. The van der Waals surface area contributed by atoms with Gasteiger partial charge in [0.1, 0.15) is 29.3 Å². The summed E-state index contributed by atoms with van der Waals surface area (Å²) in [5.74, 6) is 1.70. The first-order valence-corrected chi connectivity index (χ1v) is 12.4. The van der Waals surface area contributed by atoms with Crippen LogP contribution in [-0.4, -0.2) is 65.3 Å². The molecule has 1 atom stereocenters. The van der Waals surface area contributed by atoms with Gasteiger partial charge in [-0.3, -0.25) is 4.79 Å². The van der Waals surface area contributed by atoms with E-state index < -0.39 is 0 Å². The fraction of sp³-hybridized carbons (Fsp3) is 0.480. The molecular formula is C25H32N4O3S. The van der Waals surface area contributed by atoms with E-state index in [2.05, 4.69) is 21.8 Å². The summed E-state index contributed by atoms with van der Waals surface area (Å²) in [6, 6.07) is 8.13. The first-order valence-electron chi connectivity index (χ1n) is 11.6. The quantitative estimate of drug-likeness (QED) is 0.534.